The summed E-state index contributed by atoms with van der Waals surface area (Å²) in [6, 6.07) is 5.49. The SMILES string of the molecule is Cc1ccc(C(=O)NC(=S)N2CCOCC2)cc1Br. The molecule has 2 rings (SSSR count). The molecule has 4 nitrogen and oxygen atoms in total. The zero-order valence-corrected chi connectivity index (χ0v) is 13.0. The van der Waals surface area contributed by atoms with Gasteiger partial charge in [-0.2, -0.15) is 0 Å². The van der Waals surface area contributed by atoms with Crippen LogP contribution in [0.3, 0.4) is 0 Å². The largest absolute Gasteiger partial charge is 0.378 e. The van der Waals surface area contributed by atoms with E-state index in [1.54, 1.807) is 12.1 Å². The standard InChI is InChI=1S/C13H15BrN2O2S/c1-9-2-3-10(8-11(9)14)12(17)15-13(19)16-4-6-18-7-5-16/h2-3,8H,4-7H2,1H3,(H,15,17,19). The minimum absolute atomic E-state index is 0.183. The number of nitrogens with one attached hydrogen (secondary N) is 1. The zero-order valence-electron chi connectivity index (χ0n) is 10.6. The van der Waals surface area contributed by atoms with Crippen molar-refractivity contribution >= 4 is 39.2 Å². The Hall–Kier alpha value is -0.980. The predicted octanol–water partition coefficient (Wildman–Crippen LogP) is 2.10. The van der Waals surface area contributed by atoms with Gasteiger partial charge in [0, 0.05) is 23.1 Å². The lowest BCUT2D eigenvalue weighted by molar-refractivity contribution is 0.0669. The fourth-order valence-corrected chi connectivity index (χ4v) is 2.40. The van der Waals surface area contributed by atoms with Crippen molar-refractivity contribution in [2.75, 3.05) is 26.3 Å². The number of hydrogen-bond acceptors (Lipinski definition) is 3. The summed E-state index contributed by atoms with van der Waals surface area (Å²) in [4.78, 5) is 14.0. The van der Waals surface area contributed by atoms with Gasteiger partial charge in [-0.1, -0.05) is 22.0 Å². The Morgan fingerprint density at radius 1 is 1.42 bits per heavy atom. The molecule has 1 saturated heterocycles. The van der Waals surface area contributed by atoms with Crippen molar-refractivity contribution in [1.29, 1.82) is 0 Å². The maximum absolute atomic E-state index is 12.1. The number of nitrogens with zero attached hydrogens (tertiary/aromatic N) is 1. The third-order valence-electron chi connectivity index (χ3n) is 2.95. The van der Waals surface area contributed by atoms with E-state index in [1.165, 1.54) is 0 Å². The zero-order chi connectivity index (χ0) is 13.8. The first-order valence-corrected chi connectivity index (χ1v) is 7.22. The number of halogens is 1. The minimum atomic E-state index is -0.183. The highest BCUT2D eigenvalue weighted by Crippen LogP contribution is 2.17. The number of hydrogen-bond donors (Lipinski definition) is 1. The summed E-state index contributed by atoms with van der Waals surface area (Å²) in [5, 5.41) is 3.22. The monoisotopic (exact) mass is 342 g/mol. The Morgan fingerprint density at radius 2 is 2.11 bits per heavy atom. The normalized spacial score (nSPS) is 15.2. The molecule has 0 aliphatic carbocycles. The smallest absolute Gasteiger partial charge is 0.257 e. The first-order chi connectivity index (χ1) is 9.08. The van der Waals surface area contributed by atoms with Crippen molar-refractivity contribution < 1.29 is 9.53 Å². The molecule has 6 heteroatoms. The molecule has 1 fully saturated rings. The molecular weight excluding hydrogens is 328 g/mol. The van der Waals surface area contributed by atoms with E-state index in [0.29, 0.717) is 23.9 Å². The molecule has 0 unspecified atom stereocenters. The molecule has 0 atom stereocenters. The van der Waals surface area contributed by atoms with E-state index in [4.69, 9.17) is 17.0 Å². The minimum Gasteiger partial charge on any atom is -0.378 e. The average molecular weight is 343 g/mol. The molecule has 1 amide bonds. The van der Waals surface area contributed by atoms with E-state index in [0.717, 1.165) is 23.1 Å². The maximum atomic E-state index is 12.1. The Balaban J connectivity index is 1.99. The van der Waals surface area contributed by atoms with E-state index < -0.39 is 0 Å². The lowest BCUT2D eigenvalue weighted by Gasteiger charge is -2.28. The topological polar surface area (TPSA) is 41.6 Å². The lowest BCUT2D eigenvalue weighted by atomic mass is 10.1. The van der Waals surface area contributed by atoms with Gasteiger partial charge in [-0.25, -0.2) is 0 Å². The number of amides is 1. The van der Waals surface area contributed by atoms with Gasteiger partial charge in [0.2, 0.25) is 0 Å². The second-order valence-electron chi connectivity index (χ2n) is 4.32. The van der Waals surface area contributed by atoms with Gasteiger partial charge in [0.15, 0.2) is 5.11 Å². The van der Waals surface area contributed by atoms with E-state index >= 15 is 0 Å². The van der Waals surface area contributed by atoms with E-state index in [-0.39, 0.29) is 5.91 Å². The molecule has 1 aliphatic heterocycles. The number of carbonyl (C=O) groups is 1. The Morgan fingerprint density at radius 3 is 2.74 bits per heavy atom. The van der Waals surface area contributed by atoms with Gasteiger partial charge < -0.3 is 9.64 Å². The Kier molecular flexibility index (Phi) is 4.90. The summed E-state index contributed by atoms with van der Waals surface area (Å²) in [5.74, 6) is -0.183. The van der Waals surface area contributed by atoms with Crippen LogP contribution in [0.25, 0.3) is 0 Å². The second-order valence-corrected chi connectivity index (χ2v) is 5.56. The van der Waals surface area contributed by atoms with Crippen LogP contribution >= 0.6 is 28.1 Å². The molecule has 102 valence electrons. The first-order valence-electron chi connectivity index (χ1n) is 6.02. The Bertz CT molecular complexity index is 501. The molecular formula is C13H15BrN2O2S. The van der Waals surface area contributed by atoms with Gasteiger partial charge in [0.25, 0.3) is 5.91 Å². The van der Waals surface area contributed by atoms with Crippen LogP contribution in [0.1, 0.15) is 15.9 Å². The predicted molar refractivity (Wildman–Crippen MR) is 81.3 cm³/mol. The van der Waals surface area contributed by atoms with Gasteiger partial charge in [-0.05, 0) is 36.8 Å². The van der Waals surface area contributed by atoms with Gasteiger partial charge in [-0.15, -0.1) is 0 Å². The van der Waals surface area contributed by atoms with Crippen molar-refractivity contribution in [3.63, 3.8) is 0 Å². The summed E-state index contributed by atoms with van der Waals surface area (Å²) < 4.78 is 6.16. The van der Waals surface area contributed by atoms with Gasteiger partial charge in [0.1, 0.15) is 0 Å². The second kappa shape index (κ2) is 6.45. The average Bonchev–Trinajstić information content (AvgIpc) is 2.42. The highest BCUT2D eigenvalue weighted by Gasteiger charge is 2.16. The molecule has 1 aromatic rings. The van der Waals surface area contributed by atoms with Crippen LogP contribution < -0.4 is 5.32 Å². The van der Waals surface area contributed by atoms with E-state index in [2.05, 4.69) is 21.2 Å². The van der Waals surface area contributed by atoms with Crippen LogP contribution in [0.15, 0.2) is 22.7 Å². The van der Waals surface area contributed by atoms with Crippen LogP contribution in [0.2, 0.25) is 0 Å². The number of aryl methyl sites for hydroxylation is 1. The summed E-state index contributed by atoms with van der Waals surface area (Å²) in [6.07, 6.45) is 0. The summed E-state index contributed by atoms with van der Waals surface area (Å²) >= 11 is 8.65. The molecule has 1 N–H and O–H groups in total. The summed E-state index contributed by atoms with van der Waals surface area (Å²) in [5.41, 5.74) is 1.68. The number of benzene rings is 1. The van der Waals surface area contributed by atoms with Crippen molar-refractivity contribution in [3.05, 3.63) is 33.8 Å². The van der Waals surface area contributed by atoms with Crippen LogP contribution in [-0.2, 0) is 4.74 Å². The van der Waals surface area contributed by atoms with Crippen molar-refractivity contribution in [1.82, 2.24) is 10.2 Å². The summed E-state index contributed by atoms with van der Waals surface area (Å²) in [7, 11) is 0. The number of thiocarbonyl (C=S) groups is 1. The number of rotatable bonds is 1. The van der Waals surface area contributed by atoms with Crippen molar-refractivity contribution in [3.8, 4) is 0 Å². The quantitative estimate of drug-likeness (QED) is 0.793. The summed E-state index contributed by atoms with van der Waals surface area (Å²) in [6.45, 7) is 4.70. The van der Waals surface area contributed by atoms with Crippen LogP contribution in [0, 0.1) is 6.92 Å². The van der Waals surface area contributed by atoms with Crippen molar-refractivity contribution in [2.24, 2.45) is 0 Å². The molecule has 0 spiro atoms. The molecule has 1 heterocycles. The first kappa shape index (κ1) is 14.4. The highest BCUT2D eigenvalue weighted by molar-refractivity contribution is 9.10. The van der Waals surface area contributed by atoms with E-state index in [9.17, 15) is 4.79 Å². The molecule has 1 aromatic carbocycles. The molecule has 1 aliphatic rings. The van der Waals surface area contributed by atoms with Gasteiger partial charge in [-0.3, -0.25) is 10.1 Å². The molecule has 0 saturated carbocycles. The van der Waals surface area contributed by atoms with Gasteiger partial charge >= 0.3 is 0 Å². The fourth-order valence-electron chi connectivity index (χ4n) is 1.75. The molecule has 19 heavy (non-hydrogen) atoms. The van der Waals surface area contributed by atoms with Crippen LogP contribution in [-0.4, -0.2) is 42.2 Å². The van der Waals surface area contributed by atoms with E-state index in [1.807, 2.05) is 17.9 Å². The van der Waals surface area contributed by atoms with Gasteiger partial charge in [0.05, 0.1) is 13.2 Å². The fraction of sp³-hybridized carbons (Fsp3) is 0.385. The Labute approximate surface area is 126 Å². The van der Waals surface area contributed by atoms with Crippen molar-refractivity contribution in [2.45, 2.75) is 6.92 Å². The lowest BCUT2D eigenvalue weighted by Crippen LogP contribution is -2.47. The third kappa shape index (κ3) is 3.75. The maximum Gasteiger partial charge on any atom is 0.257 e. The number of carbonyl (C=O) groups excluding carboxylic acids is 1. The molecule has 0 bridgehead atoms. The van der Waals surface area contributed by atoms with Crippen LogP contribution in [0.4, 0.5) is 0 Å². The number of ether oxygens (including phenoxy) is 1. The highest BCUT2D eigenvalue weighted by atomic mass is 79.9. The number of morpholine rings is 1. The third-order valence-corrected chi connectivity index (χ3v) is 4.17. The molecule has 0 aromatic heterocycles. The molecule has 0 radical (unpaired) electrons. The van der Waals surface area contributed by atoms with Crippen LogP contribution in [0.5, 0.6) is 0 Å².